The zero-order valence-corrected chi connectivity index (χ0v) is 15.0. The van der Waals surface area contributed by atoms with Crippen LogP contribution in [0.5, 0.6) is 11.5 Å². The van der Waals surface area contributed by atoms with Crippen LogP contribution in [-0.2, 0) is 5.41 Å². The zero-order chi connectivity index (χ0) is 17.3. The molecule has 0 saturated carbocycles. The molecule has 0 N–H and O–H groups in total. The van der Waals surface area contributed by atoms with Gasteiger partial charge in [-0.25, -0.2) is 0 Å². The number of methoxy groups -OCH3 is 2. The maximum Gasteiger partial charge on any atom is 0.209 e. The van der Waals surface area contributed by atoms with Crippen molar-refractivity contribution in [2.75, 3.05) is 21.3 Å². The first-order chi connectivity index (χ1) is 11.5. The van der Waals surface area contributed by atoms with Gasteiger partial charge >= 0.3 is 0 Å². The van der Waals surface area contributed by atoms with Crippen molar-refractivity contribution >= 4 is 17.5 Å². The lowest BCUT2D eigenvalue weighted by Crippen LogP contribution is -2.26. The Balaban J connectivity index is 1.97. The van der Waals surface area contributed by atoms with Gasteiger partial charge in [0.1, 0.15) is 7.05 Å². The van der Waals surface area contributed by atoms with E-state index in [0.717, 1.165) is 17.1 Å². The van der Waals surface area contributed by atoms with Crippen LogP contribution >= 0.6 is 0 Å². The van der Waals surface area contributed by atoms with E-state index < -0.39 is 0 Å². The molecule has 2 aromatic carbocycles. The molecule has 0 saturated heterocycles. The number of benzene rings is 2. The minimum atomic E-state index is -0.0155. The molecular weight excluding hydrogens is 298 g/mol. The summed E-state index contributed by atoms with van der Waals surface area (Å²) in [6.45, 7) is 4.53. The molecule has 1 aliphatic heterocycles. The molecule has 0 radical (unpaired) electrons. The quantitative estimate of drug-likeness (QED) is 0.777. The first-order valence-corrected chi connectivity index (χ1v) is 8.10. The normalized spacial score (nSPS) is 15.7. The van der Waals surface area contributed by atoms with E-state index >= 15 is 0 Å². The number of hydrogen-bond acceptors (Lipinski definition) is 2. The predicted molar refractivity (Wildman–Crippen MR) is 98.9 cm³/mol. The number of allylic oxidation sites excluding steroid dienone is 1. The fourth-order valence-corrected chi connectivity index (χ4v) is 3.43. The van der Waals surface area contributed by atoms with E-state index in [-0.39, 0.29) is 5.41 Å². The van der Waals surface area contributed by atoms with Crippen molar-refractivity contribution in [3.8, 4) is 11.5 Å². The van der Waals surface area contributed by atoms with E-state index in [9.17, 15) is 0 Å². The highest BCUT2D eigenvalue weighted by molar-refractivity contribution is 6.05. The van der Waals surface area contributed by atoms with E-state index in [1.54, 1.807) is 14.2 Å². The van der Waals surface area contributed by atoms with Crippen LogP contribution in [0.4, 0.5) is 5.69 Å². The Morgan fingerprint density at radius 1 is 0.917 bits per heavy atom. The Morgan fingerprint density at radius 2 is 1.62 bits per heavy atom. The van der Waals surface area contributed by atoms with Crippen LogP contribution in [0.15, 0.2) is 48.5 Å². The molecule has 0 aromatic heterocycles. The van der Waals surface area contributed by atoms with Crippen molar-refractivity contribution in [2.45, 2.75) is 19.3 Å². The van der Waals surface area contributed by atoms with Crippen molar-refractivity contribution in [1.29, 1.82) is 0 Å². The molecule has 0 unspecified atom stereocenters. The summed E-state index contributed by atoms with van der Waals surface area (Å²) in [6, 6.07) is 14.5. The van der Waals surface area contributed by atoms with Crippen LogP contribution in [0, 0.1) is 0 Å². The molecule has 1 aliphatic rings. The van der Waals surface area contributed by atoms with Crippen LogP contribution in [0.25, 0.3) is 6.08 Å². The van der Waals surface area contributed by atoms with Crippen LogP contribution in [-0.4, -0.2) is 31.6 Å². The summed E-state index contributed by atoms with van der Waals surface area (Å²) in [5, 5.41) is 0. The number of ether oxygens (including phenoxy) is 2. The summed E-state index contributed by atoms with van der Waals surface area (Å²) in [7, 11) is 5.43. The second-order valence-corrected chi connectivity index (χ2v) is 6.53. The standard InChI is InChI=1S/C21H24NO2/c1-21(2)16-8-6-7-9-17(16)22(3)20(21)13-11-15-10-12-18(23-4)19(14-15)24-5/h6-14H,1-5H3/q+1. The summed E-state index contributed by atoms with van der Waals surface area (Å²) in [5.74, 6) is 1.49. The monoisotopic (exact) mass is 322 g/mol. The molecule has 0 fully saturated rings. The Bertz CT molecular complexity index is 831. The number of para-hydroxylation sites is 1. The average molecular weight is 322 g/mol. The third-order valence-corrected chi connectivity index (χ3v) is 4.78. The topological polar surface area (TPSA) is 21.5 Å². The SMILES string of the molecule is COc1ccc(C=CC2=[N+](C)c3ccccc3C2(C)C)cc1OC. The van der Waals surface area contributed by atoms with Crippen LogP contribution < -0.4 is 9.47 Å². The number of rotatable bonds is 4. The molecule has 0 bridgehead atoms. The van der Waals surface area contributed by atoms with Gasteiger partial charge in [-0.05, 0) is 37.6 Å². The van der Waals surface area contributed by atoms with Crippen molar-refractivity contribution in [3.05, 3.63) is 59.7 Å². The molecule has 2 aromatic rings. The van der Waals surface area contributed by atoms with Gasteiger partial charge in [0.15, 0.2) is 17.2 Å². The van der Waals surface area contributed by atoms with Crippen molar-refractivity contribution < 1.29 is 14.0 Å². The van der Waals surface area contributed by atoms with Gasteiger partial charge in [-0.15, -0.1) is 0 Å². The van der Waals surface area contributed by atoms with E-state index in [0.29, 0.717) is 0 Å². The van der Waals surface area contributed by atoms with Gasteiger partial charge in [-0.3, -0.25) is 0 Å². The smallest absolute Gasteiger partial charge is 0.209 e. The van der Waals surface area contributed by atoms with E-state index in [4.69, 9.17) is 9.47 Å². The largest absolute Gasteiger partial charge is 0.493 e. The van der Waals surface area contributed by atoms with Gasteiger partial charge in [0.25, 0.3) is 0 Å². The van der Waals surface area contributed by atoms with Gasteiger partial charge in [0, 0.05) is 17.7 Å². The minimum absolute atomic E-state index is 0.0155. The fraction of sp³-hybridized carbons (Fsp3) is 0.286. The number of nitrogens with zero attached hydrogens (tertiary/aromatic N) is 1. The lowest BCUT2D eigenvalue weighted by atomic mass is 9.81. The second kappa shape index (κ2) is 6.16. The minimum Gasteiger partial charge on any atom is -0.493 e. The first kappa shape index (κ1) is 16.3. The highest BCUT2D eigenvalue weighted by Gasteiger charge is 2.42. The molecule has 3 nitrogen and oxygen atoms in total. The van der Waals surface area contributed by atoms with Crippen LogP contribution in [0.2, 0.25) is 0 Å². The van der Waals surface area contributed by atoms with Crippen LogP contribution in [0.3, 0.4) is 0 Å². The van der Waals surface area contributed by atoms with Crippen molar-refractivity contribution in [3.63, 3.8) is 0 Å². The zero-order valence-electron chi connectivity index (χ0n) is 15.0. The molecule has 3 rings (SSSR count). The van der Waals surface area contributed by atoms with Crippen molar-refractivity contribution in [2.24, 2.45) is 0 Å². The third kappa shape index (κ3) is 2.60. The molecule has 0 atom stereocenters. The summed E-state index contributed by atoms with van der Waals surface area (Å²) in [4.78, 5) is 0. The molecule has 3 heteroatoms. The molecular formula is C21H24NO2+. The maximum absolute atomic E-state index is 5.39. The highest BCUT2D eigenvalue weighted by atomic mass is 16.5. The highest BCUT2D eigenvalue weighted by Crippen LogP contribution is 2.39. The number of fused-ring (bicyclic) bond motifs is 1. The summed E-state index contributed by atoms with van der Waals surface area (Å²) in [5.41, 5.74) is 4.98. The van der Waals surface area contributed by atoms with E-state index in [2.05, 4.69) is 61.9 Å². The number of hydrogen-bond donors (Lipinski definition) is 0. The van der Waals surface area contributed by atoms with E-state index in [1.165, 1.54) is 17.0 Å². The predicted octanol–water partition coefficient (Wildman–Crippen LogP) is 4.42. The average Bonchev–Trinajstić information content (AvgIpc) is 2.79. The molecule has 0 amide bonds. The molecule has 1 heterocycles. The van der Waals surface area contributed by atoms with Gasteiger partial charge in [-0.2, -0.15) is 4.58 Å². The third-order valence-electron chi connectivity index (χ3n) is 4.78. The lowest BCUT2D eigenvalue weighted by molar-refractivity contribution is -0.401. The summed E-state index contributed by atoms with van der Waals surface area (Å²) in [6.07, 6.45) is 4.32. The van der Waals surface area contributed by atoms with Gasteiger partial charge < -0.3 is 9.47 Å². The van der Waals surface area contributed by atoms with E-state index in [1.807, 2.05) is 18.2 Å². The summed E-state index contributed by atoms with van der Waals surface area (Å²) >= 11 is 0. The fourth-order valence-electron chi connectivity index (χ4n) is 3.43. The van der Waals surface area contributed by atoms with Crippen LogP contribution in [0.1, 0.15) is 25.0 Å². The molecule has 24 heavy (non-hydrogen) atoms. The maximum atomic E-state index is 5.39. The Labute approximate surface area is 143 Å². The summed E-state index contributed by atoms with van der Waals surface area (Å²) < 4.78 is 13.0. The van der Waals surface area contributed by atoms with Crippen molar-refractivity contribution in [1.82, 2.24) is 0 Å². The Hall–Kier alpha value is -2.55. The molecule has 124 valence electrons. The molecule has 0 spiro atoms. The first-order valence-electron chi connectivity index (χ1n) is 8.10. The van der Waals surface area contributed by atoms with Gasteiger partial charge in [0.05, 0.1) is 19.6 Å². The Morgan fingerprint density at radius 3 is 2.29 bits per heavy atom. The second-order valence-electron chi connectivity index (χ2n) is 6.53. The van der Waals surface area contributed by atoms with Gasteiger partial charge in [0.2, 0.25) is 5.69 Å². The Kier molecular flexibility index (Phi) is 4.18. The molecule has 0 aliphatic carbocycles. The van der Waals surface area contributed by atoms with Gasteiger partial charge in [-0.1, -0.05) is 24.3 Å². The lowest BCUT2D eigenvalue weighted by Gasteiger charge is -2.15.